The molecule has 104 valence electrons. The van der Waals surface area contributed by atoms with E-state index in [0.29, 0.717) is 13.1 Å². The van der Waals surface area contributed by atoms with Gasteiger partial charge in [-0.1, -0.05) is 18.2 Å². The van der Waals surface area contributed by atoms with Crippen molar-refractivity contribution in [1.82, 2.24) is 9.88 Å². The topological polar surface area (TPSA) is 51.1 Å². The van der Waals surface area contributed by atoms with E-state index in [-0.39, 0.29) is 17.4 Å². The van der Waals surface area contributed by atoms with Gasteiger partial charge in [0, 0.05) is 24.6 Å². The van der Waals surface area contributed by atoms with Crippen LogP contribution in [0.25, 0.3) is 10.9 Å². The van der Waals surface area contributed by atoms with E-state index < -0.39 is 0 Å². The van der Waals surface area contributed by atoms with Crippen LogP contribution in [0.4, 0.5) is 0 Å². The van der Waals surface area contributed by atoms with Crippen molar-refractivity contribution in [1.29, 1.82) is 0 Å². The van der Waals surface area contributed by atoms with Gasteiger partial charge in [0.25, 0.3) is 5.56 Å². The maximum atomic E-state index is 12.3. The first kappa shape index (κ1) is 12.9. The molecule has 3 rings (SSSR count). The third-order valence-electron chi connectivity index (χ3n) is 3.76. The fourth-order valence-corrected chi connectivity index (χ4v) is 2.48. The number of benzene rings is 1. The third-order valence-corrected chi connectivity index (χ3v) is 3.76. The van der Waals surface area contributed by atoms with E-state index in [2.05, 4.69) is 5.32 Å². The van der Waals surface area contributed by atoms with Crippen LogP contribution in [0.1, 0.15) is 18.4 Å². The highest BCUT2D eigenvalue weighted by Gasteiger charge is 2.29. The summed E-state index contributed by atoms with van der Waals surface area (Å²) in [5, 5.41) is 3.96. The zero-order chi connectivity index (χ0) is 14.1. The molecule has 1 aromatic carbocycles. The SMILES string of the molecule is Cc1cc2ccccc2n(CCNC(=O)C2CC2)c1=O. The first-order chi connectivity index (χ1) is 9.66. The number of carbonyl (C=O) groups is 1. The Hall–Kier alpha value is -2.10. The Balaban J connectivity index is 1.84. The molecule has 4 nitrogen and oxygen atoms in total. The van der Waals surface area contributed by atoms with E-state index in [1.165, 1.54) is 0 Å². The van der Waals surface area contributed by atoms with Crippen LogP contribution >= 0.6 is 0 Å². The summed E-state index contributed by atoms with van der Waals surface area (Å²) in [4.78, 5) is 23.9. The number of amides is 1. The number of nitrogens with zero attached hydrogens (tertiary/aromatic N) is 1. The molecular formula is C16H18N2O2. The Morgan fingerprint density at radius 2 is 2.10 bits per heavy atom. The Kier molecular flexibility index (Phi) is 3.30. The van der Waals surface area contributed by atoms with Crippen LogP contribution in [0.15, 0.2) is 35.1 Å². The van der Waals surface area contributed by atoms with Crippen molar-refractivity contribution in [3.63, 3.8) is 0 Å². The van der Waals surface area contributed by atoms with Gasteiger partial charge in [0.15, 0.2) is 0 Å². The van der Waals surface area contributed by atoms with Gasteiger partial charge in [-0.05, 0) is 37.3 Å². The molecular weight excluding hydrogens is 252 g/mol. The van der Waals surface area contributed by atoms with Crippen LogP contribution in [0, 0.1) is 12.8 Å². The van der Waals surface area contributed by atoms with Crippen LogP contribution in [0.3, 0.4) is 0 Å². The van der Waals surface area contributed by atoms with Gasteiger partial charge in [0.05, 0.1) is 5.52 Å². The first-order valence-electron chi connectivity index (χ1n) is 7.04. The smallest absolute Gasteiger partial charge is 0.254 e. The molecule has 0 saturated heterocycles. The van der Waals surface area contributed by atoms with Gasteiger partial charge >= 0.3 is 0 Å². The van der Waals surface area contributed by atoms with Crippen LogP contribution < -0.4 is 10.9 Å². The molecule has 0 aliphatic heterocycles. The molecule has 1 aromatic heterocycles. The van der Waals surface area contributed by atoms with Gasteiger partial charge in [-0.25, -0.2) is 0 Å². The number of nitrogens with one attached hydrogen (secondary N) is 1. The Morgan fingerprint density at radius 3 is 2.85 bits per heavy atom. The fraction of sp³-hybridized carbons (Fsp3) is 0.375. The van der Waals surface area contributed by atoms with Crippen molar-refractivity contribution in [2.45, 2.75) is 26.3 Å². The van der Waals surface area contributed by atoms with Crippen LogP contribution in [0.5, 0.6) is 0 Å². The summed E-state index contributed by atoms with van der Waals surface area (Å²) in [7, 11) is 0. The van der Waals surface area contributed by atoms with Gasteiger partial charge in [0.1, 0.15) is 0 Å². The fourth-order valence-electron chi connectivity index (χ4n) is 2.48. The third kappa shape index (κ3) is 2.46. The predicted octanol–water partition coefficient (Wildman–Crippen LogP) is 1.84. The lowest BCUT2D eigenvalue weighted by atomic mass is 10.1. The van der Waals surface area contributed by atoms with E-state index >= 15 is 0 Å². The first-order valence-corrected chi connectivity index (χ1v) is 7.04. The van der Waals surface area contributed by atoms with Crippen molar-refractivity contribution in [3.8, 4) is 0 Å². The number of fused-ring (bicyclic) bond motifs is 1. The van der Waals surface area contributed by atoms with Crippen molar-refractivity contribution >= 4 is 16.8 Å². The minimum absolute atomic E-state index is 0.0179. The van der Waals surface area contributed by atoms with Gasteiger partial charge in [-0.2, -0.15) is 0 Å². The molecule has 0 unspecified atom stereocenters. The summed E-state index contributed by atoms with van der Waals surface area (Å²) in [6, 6.07) is 9.75. The lowest BCUT2D eigenvalue weighted by Gasteiger charge is -2.12. The van der Waals surface area contributed by atoms with E-state index in [9.17, 15) is 9.59 Å². The molecule has 1 saturated carbocycles. The predicted molar refractivity (Wildman–Crippen MR) is 78.7 cm³/mol. The molecule has 1 aliphatic rings. The molecule has 4 heteroatoms. The average Bonchev–Trinajstić information content (AvgIpc) is 3.27. The summed E-state index contributed by atoms with van der Waals surface area (Å²) in [5.74, 6) is 0.330. The molecule has 20 heavy (non-hydrogen) atoms. The number of hydrogen-bond acceptors (Lipinski definition) is 2. The average molecular weight is 270 g/mol. The second-order valence-corrected chi connectivity index (χ2v) is 5.41. The highest BCUT2D eigenvalue weighted by atomic mass is 16.2. The van der Waals surface area contributed by atoms with Crippen LogP contribution in [-0.2, 0) is 11.3 Å². The number of para-hydroxylation sites is 1. The summed E-state index contributed by atoms with van der Waals surface area (Å²) in [6.07, 6.45) is 2.00. The number of aromatic nitrogens is 1. The Morgan fingerprint density at radius 1 is 1.35 bits per heavy atom. The number of aryl methyl sites for hydroxylation is 1. The van der Waals surface area contributed by atoms with Crippen molar-refractivity contribution < 1.29 is 4.79 Å². The maximum absolute atomic E-state index is 12.3. The van der Waals surface area contributed by atoms with E-state index in [4.69, 9.17) is 0 Å². The van der Waals surface area contributed by atoms with E-state index in [1.807, 2.05) is 37.3 Å². The number of carbonyl (C=O) groups excluding carboxylic acids is 1. The minimum Gasteiger partial charge on any atom is -0.354 e. The molecule has 1 heterocycles. The normalized spacial score (nSPS) is 14.4. The largest absolute Gasteiger partial charge is 0.354 e. The lowest BCUT2D eigenvalue weighted by molar-refractivity contribution is -0.122. The zero-order valence-electron chi connectivity index (χ0n) is 11.6. The molecule has 0 radical (unpaired) electrons. The molecule has 1 amide bonds. The van der Waals surface area contributed by atoms with Gasteiger partial charge in [0.2, 0.25) is 5.91 Å². The summed E-state index contributed by atoms with van der Waals surface area (Å²) in [5.41, 5.74) is 1.67. The molecule has 1 aliphatic carbocycles. The molecule has 0 atom stereocenters. The zero-order valence-corrected chi connectivity index (χ0v) is 11.6. The number of pyridine rings is 1. The second-order valence-electron chi connectivity index (χ2n) is 5.41. The summed E-state index contributed by atoms with van der Waals surface area (Å²) in [6.45, 7) is 2.84. The van der Waals surface area contributed by atoms with Gasteiger partial charge in [-0.3, -0.25) is 9.59 Å². The summed E-state index contributed by atoms with van der Waals surface area (Å²) < 4.78 is 1.75. The van der Waals surface area contributed by atoms with Crippen LogP contribution in [-0.4, -0.2) is 17.0 Å². The number of hydrogen-bond donors (Lipinski definition) is 1. The number of rotatable bonds is 4. The standard InChI is InChI=1S/C16H18N2O2/c1-11-10-13-4-2-3-5-14(13)18(16(11)20)9-8-17-15(19)12-6-7-12/h2-5,10,12H,6-9H2,1H3,(H,17,19). The second kappa shape index (κ2) is 5.12. The molecule has 0 bridgehead atoms. The van der Waals surface area contributed by atoms with Crippen molar-refractivity contribution in [2.75, 3.05) is 6.54 Å². The van der Waals surface area contributed by atoms with E-state index in [0.717, 1.165) is 29.3 Å². The monoisotopic (exact) mass is 270 g/mol. The van der Waals surface area contributed by atoms with Crippen molar-refractivity contribution in [2.24, 2.45) is 5.92 Å². The quantitative estimate of drug-likeness (QED) is 0.921. The van der Waals surface area contributed by atoms with Crippen LogP contribution in [0.2, 0.25) is 0 Å². The highest BCUT2D eigenvalue weighted by molar-refractivity contribution is 5.81. The highest BCUT2D eigenvalue weighted by Crippen LogP contribution is 2.28. The molecule has 0 spiro atoms. The molecule has 1 fully saturated rings. The van der Waals surface area contributed by atoms with Gasteiger partial charge in [-0.15, -0.1) is 0 Å². The molecule has 1 N–H and O–H groups in total. The van der Waals surface area contributed by atoms with Crippen molar-refractivity contribution in [3.05, 3.63) is 46.2 Å². The van der Waals surface area contributed by atoms with Gasteiger partial charge < -0.3 is 9.88 Å². The minimum atomic E-state index is 0.0179. The Labute approximate surface area is 117 Å². The van der Waals surface area contributed by atoms with E-state index in [1.54, 1.807) is 4.57 Å². The lowest BCUT2D eigenvalue weighted by Crippen LogP contribution is -2.32. The maximum Gasteiger partial charge on any atom is 0.254 e. The summed E-state index contributed by atoms with van der Waals surface area (Å²) >= 11 is 0. The molecule has 2 aromatic rings. The Bertz CT molecular complexity index is 714.